The molecule has 6 nitrogen and oxygen atoms in total. The van der Waals surface area contributed by atoms with Crippen molar-refractivity contribution in [2.75, 3.05) is 13.2 Å². The summed E-state index contributed by atoms with van der Waals surface area (Å²) in [4.78, 5) is 38.0. The second kappa shape index (κ2) is 51.5. The zero-order chi connectivity index (χ0) is 45.8. The number of esters is 3. The third-order valence-corrected chi connectivity index (χ3v) is 11.1. The highest BCUT2D eigenvalue weighted by atomic mass is 16.6. The first kappa shape index (κ1) is 59.9. The average molecular weight is 879 g/mol. The normalized spacial score (nSPS) is 12.6. The zero-order valence-electron chi connectivity index (χ0n) is 41.3. The third-order valence-electron chi connectivity index (χ3n) is 11.1. The van der Waals surface area contributed by atoms with Gasteiger partial charge >= 0.3 is 17.9 Å². The summed E-state index contributed by atoms with van der Waals surface area (Å²) in [5.41, 5.74) is 0. The van der Waals surface area contributed by atoms with Crippen molar-refractivity contribution in [1.82, 2.24) is 0 Å². The molecule has 1 unspecified atom stereocenters. The molecule has 6 heteroatoms. The summed E-state index contributed by atoms with van der Waals surface area (Å²) in [6.45, 7) is 6.43. The van der Waals surface area contributed by atoms with Crippen LogP contribution in [-0.4, -0.2) is 37.2 Å². The predicted molar refractivity (Wildman–Crippen MR) is 270 cm³/mol. The fraction of sp³-hybridized carbons (Fsp3) is 0.737. The molecule has 0 heterocycles. The number of carbonyl (C=O) groups is 3. The summed E-state index contributed by atoms with van der Waals surface area (Å²) in [6.07, 6.45) is 64.6. The summed E-state index contributed by atoms with van der Waals surface area (Å²) in [7, 11) is 0. The van der Waals surface area contributed by atoms with Gasteiger partial charge in [0.15, 0.2) is 6.10 Å². The van der Waals surface area contributed by atoms with Gasteiger partial charge in [-0.25, -0.2) is 0 Å². The zero-order valence-corrected chi connectivity index (χ0v) is 41.3. The van der Waals surface area contributed by atoms with Crippen molar-refractivity contribution in [1.29, 1.82) is 0 Å². The lowest BCUT2D eigenvalue weighted by molar-refractivity contribution is -0.167. The molecular weight excluding hydrogens is 781 g/mol. The van der Waals surface area contributed by atoms with Crippen LogP contribution in [0.5, 0.6) is 0 Å². The lowest BCUT2D eigenvalue weighted by Gasteiger charge is -2.18. The second-order valence-electron chi connectivity index (χ2n) is 17.4. The first-order valence-corrected chi connectivity index (χ1v) is 26.4. The summed E-state index contributed by atoms with van der Waals surface area (Å²) < 4.78 is 16.8. The SMILES string of the molecule is CC/C=C\C/C=C\C/C=C\CCCCCCCCCC(=O)OC(COC(=O)CCCCCCC/C=C\CCC)COC(=O)CCCCCCCCC/C=C\C/C=C\CCCCCC. The van der Waals surface area contributed by atoms with Crippen LogP contribution in [-0.2, 0) is 28.6 Å². The maximum atomic E-state index is 12.8. The molecule has 0 aliphatic rings. The largest absolute Gasteiger partial charge is 0.462 e. The summed E-state index contributed by atoms with van der Waals surface area (Å²) in [5.74, 6) is -0.912. The van der Waals surface area contributed by atoms with E-state index in [-0.39, 0.29) is 31.1 Å². The van der Waals surface area contributed by atoms with Crippen molar-refractivity contribution < 1.29 is 28.6 Å². The highest BCUT2D eigenvalue weighted by molar-refractivity contribution is 5.71. The number of rotatable bonds is 47. The van der Waals surface area contributed by atoms with Gasteiger partial charge in [-0.3, -0.25) is 14.4 Å². The Labute approximate surface area is 389 Å². The van der Waals surface area contributed by atoms with Crippen molar-refractivity contribution in [3.8, 4) is 0 Å². The van der Waals surface area contributed by atoms with Gasteiger partial charge < -0.3 is 14.2 Å². The first-order valence-electron chi connectivity index (χ1n) is 26.4. The molecule has 0 saturated heterocycles. The molecular formula is C57H98O6. The monoisotopic (exact) mass is 879 g/mol. The Hall–Kier alpha value is -3.15. The summed E-state index contributed by atoms with van der Waals surface area (Å²) in [5, 5.41) is 0. The molecule has 0 aromatic heterocycles. The summed E-state index contributed by atoms with van der Waals surface area (Å²) >= 11 is 0. The molecule has 362 valence electrons. The van der Waals surface area contributed by atoms with Gasteiger partial charge in [-0.2, -0.15) is 0 Å². The van der Waals surface area contributed by atoms with E-state index in [9.17, 15) is 14.4 Å². The van der Waals surface area contributed by atoms with Crippen LogP contribution in [0.25, 0.3) is 0 Å². The Morgan fingerprint density at radius 3 is 1.05 bits per heavy atom. The smallest absolute Gasteiger partial charge is 0.306 e. The van der Waals surface area contributed by atoms with E-state index in [2.05, 4.69) is 93.7 Å². The van der Waals surface area contributed by atoms with Gasteiger partial charge in [0, 0.05) is 19.3 Å². The minimum atomic E-state index is -0.786. The van der Waals surface area contributed by atoms with Crippen molar-refractivity contribution in [3.05, 3.63) is 72.9 Å². The Morgan fingerprint density at radius 1 is 0.333 bits per heavy atom. The molecule has 0 radical (unpaired) electrons. The molecule has 0 N–H and O–H groups in total. The average Bonchev–Trinajstić information content (AvgIpc) is 3.28. The Balaban J connectivity index is 4.37. The van der Waals surface area contributed by atoms with E-state index in [1.54, 1.807) is 0 Å². The second-order valence-corrected chi connectivity index (χ2v) is 17.4. The molecule has 0 amide bonds. The van der Waals surface area contributed by atoms with Gasteiger partial charge in [0.1, 0.15) is 13.2 Å². The van der Waals surface area contributed by atoms with Crippen LogP contribution in [0, 0.1) is 0 Å². The van der Waals surface area contributed by atoms with Crippen molar-refractivity contribution in [2.24, 2.45) is 0 Å². The molecule has 0 aromatic carbocycles. The summed E-state index contributed by atoms with van der Waals surface area (Å²) in [6, 6.07) is 0. The number of allylic oxidation sites excluding steroid dienone is 12. The molecule has 0 spiro atoms. The van der Waals surface area contributed by atoms with Crippen LogP contribution < -0.4 is 0 Å². The Bertz CT molecular complexity index is 1190. The van der Waals surface area contributed by atoms with E-state index in [1.165, 1.54) is 103 Å². The molecule has 63 heavy (non-hydrogen) atoms. The lowest BCUT2D eigenvalue weighted by atomic mass is 10.1. The first-order chi connectivity index (χ1) is 31.0. The molecule has 0 aliphatic carbocycles. The van der Waals surface area contributed by atoms with Crippen LogP contribution in [0.4, 0.5) is 0 Å². The van der Waals surface area contributed by atoms with Gasteiger partial charge in [0.05, 0.1) is 0 Å². The number of hydrogen-bond donors (Lipinski definition) is 0. The fourth-order valence-electron chi connectivity index (χ4n) is 7.19. The van der Waals surface area contributed by atoms with E-state index >= 15 is 0 Å². The van der Waals surface area contributed by atoms with E-state index in [4.69, 9.17) is 14.2 Å². The van der Waals surface area contributed by atoms with Crippen LogP contribution in [0.2, 0.25) is 0 Å². The van der Waals surface area contributed by atoms with Gasteiger partial charge in [0.25, 0.3) is 0 Å². The molecule has 0 aromatic rings. The lowest BCUT2D eigenvalue weighted by Crippen LogP contribution is -2.30. The van der Waals surface area contributed by atoms with Gasteiger partial charge in [0.2, 0.25) is 0 Å². The molecule has 0 aliphatic heterocycles. The fourth-order valence-corrected chi connectivity index (χ4v) is 7.19. The van der Waals surface area contributed by atoms with E-state index in [0.29, 0.717) is 19.3 Å². The standard InChI is InChI=1S/C57H98O6/c1-4-7-10-13-16-19-22-24-26-28-30-31-33-35-38-41-44-47-50-56(59)62-53-54(52-61-55(58)49-46-43-40-37-21-18-15-12-9-6-3)63-57(60)51-48-45-42-39-36-34-32-29-27-25-23-20-17-14-11-8-5-2/h8,11-12,15,17,19-20,22,25-28,54H,4-7,9-10,13-14,16,18,21,23-24,29-53H2,1-3H3/b11-8-,15-12-,20-17-,22-19-,27-25-,28-26-. The maximum absolute atomic E-state index is 12.8. The highest BCUT2D eigenvalue weighted by Gasteiger charge is 2.19. The van der Waals surface area contributed by atoms with Crippen LogP contribution in [0.3, 0.4) is 0 Å². The van der Waals surface area contributed by atoms with E-state index < -0.39 is 6.10 Å². The Kier molecular flexibility index (Phi) is 48.9. The van der Waals surface area contributed by atoms with Crippen molar-refractivity contribution >= 4 is 17.9 Å². The van der Waals surface area contributed by atoms with Gasteiger partial charge in [-0.1, -0.05) is 203 Å². The molecule has 1 atom stereocenters. The predicted octanol–water partition coefficient (Wildman–Crippen LogP) is 17.4. The Morgan fingerprint density at radius 2 is 0.651 bits per heavy atom. The van der Waals surface area contributed by atoms with Crippen molar-refractivity contribution in [2.45, 2.75) is 258 Å². The highest BCUT2D eigenvalue weighted by Crippen LogP contribution is 2.14. The maximum Gasteiger partial charge on any atom is 0.306 e. The van der Waals surface area contributed by atoms with Crippen LogP contribution in [0.15, 0.2) is 72.9 Å². The number of hydrogen-bond acceptors (Lipinski definition) is 6. The van der Waals surface area contributed by atoms with Gasteiger partial charge in [-0.05, 0) is 103 Å². The number of unbranched alkanes of at least 4 members (excludes halogenated alkanes) is 24. The topological polar surface area (TPSA) is 78.9 Å². The molecule has 0 saturated carbocycles. The quantitative estimate of drug-likeness (QED) is 0.0262. The van der Waals surface area contributed by atoms with Crippen LogP contribution in [0.1, 0.15) is 252 Å². The van der Waals surface area contributed by atoms with Crippen LogP contribution >= 0.6 is 0 Å². The van der Waals surface area contributed by atoms with Crippen molar-refractivity contribution in [3.63, 3.8) is 0 Å². The molecule has 0 bridgehead atoms. The van der Waals surface area contributed by atoms with E-state index in [0.717, 1.165) is 109 Å². The van der Waals surface area contributed by atoms with Gasteiger partial charge in [-0.15, -0.1) is 0 Å². The number of carbonyl (C=O) groups excluding carboxylic acids is 3. The molecule has 0 fully saturated rings. The number of ether oxygens (including phenoxy) is 3. The third kappa shape index (κ3) is 49.7. The minimum absolute atomic E-state index is 0.0864. The molecule has 0 rings (SSSR count). The minimum Gasteiger partial charge on any atom is -0.462 e. The van der Waals surface area contributed by atoms with E-state index in [1.807, 2.05) is 0 Å².